The van der Waals surface area contributed by atoms with Crippen molar-refractivity contribution in [3.63, 3.8) is 0 Å². The van der Waals surface area contributed by atoms with Gasteiger partial charge in [-0.3, -0.25) is 9.69 Å². The van der Waals surface area contributed by atoms with Crippen LogP contribution >= 0.6 is 0 Å². The summed E-state index contributed by atoms with van der Waals surface area (Å²) in [5.74, 6) is 0.133. The number of nitrogens with zero attached hydrogens (tertiary/aromatic N) is 2. The topological polar surface area (TPSA) is 49.6 Å². The van der Waals surface area contributed by atoms with Gasteiger partial charge in [-0.05, 0) is 56.5 Å². The Morgan fingerprint density at radius 3 is 2.80 bits per heavy atom. The van der Waals surface area contributed by atoms with Crippen molar-refractivity contribution in [2.24, 2.45) is 0 Å². The minimum atomic E-state index is 0.133. The van der Waals surface area contributed by atoms with E-state index in [0.717, 1.165) is 37.2 Å². The van der Waals surface area contributed by atoms with E-state index in [9.17, 15) is 4.79 Å². The van der Waals surface area contributed by atoms with Crippen molar-refractivity contribution < 1.29 is 4.79 Å². The van der Waals surface area contributed by atoms with Crippen LogP contribution < -0.4 is 5.73 Å². The summed E-state index contributed by atoms with van der Waals surface area (Å²) >= 11 is 0. The molecule has 0 saturated carbocycles. The zero-order valence-electron chi connectivity index (χ0n) is 12.1. The number of benzene rings is 1. The molecule has 1 aromatic rings. The van der Waals surface area contributed by atoms with Gasteiger partial charge in [0.1, 0.15) is 0 Å². The summed E-state index contributed by atoms with van der Waals surface area (Å²) in [4.78, 5) is 17.3. The van der Waals surface area contributed by atoms with Gasteiger partial charge in [-0.25, -0.2) is 0 Å². The maximum absolute atomic E-state index is 12.7. The number of aryl methyl sites for hydroxylation is 1. The second-order valence-electron chi connectivity index (χ2n) is 6.07. The number of hydrogen-bond donors (Lipinski definition) is 1. The third-order valence-corrected chi connectivity index (χ3v) is 4.44. The summed E-state index contributed by atoms with van der Waals surface area (Å²) < 4.78 is 0. The lowest BCUT2D eigenvalue weighted by Crippen LogP contribution is -2.39. The van der Waals surface area contributed by atoms with Gasteiger partial charge in [0, 0.05) is 36.9 Å². The first-order valence-corrected chi connectivity index (χ1v) is 7.54. The van der Waals surface area contributed by atoms with Crippen molar-refractivity contribution in [1.29, 1.82) is 0 Å². The first-order valence-electron chi connectivity index (χ1n) is 7.54. The average Bonchev–Trinajstić information content (AvgIpc) is 2.74. The molecule has 108 valence electrons. The normalized spacial score (nSPS) is 23.4. The van der Waals surface area contributed by atoms with E-state index >= 15 is 0 Å². The first kappa shape index (κ1) is 13.4. The fourth-order valence-electron chi connectivity index (χ4n) is 3.51. The molecule has 0 spiro atoms. The number of hydrogen-bond acceptors (Lipinski definition) is 3. The van der Waals surface area contributed by atoms with Gasteiger partial charge in [0.25, 0.3) is 5.91 Å². The van der Waals surface area contributed by atoms with Crippen molar-refractivity contribution >= 4 is 11.6 Å². The minimum absolute atomic E-state index is 0.133. The zero-order chi connectivity index (χ0) is 14.1. The molecule has 2 N–H and O–H groups in total. The van der Waals surface area contributed by atoms with E-state index in [1.54, 1.807) is 6.07 Å². The Balaban J connectivity index is 1.78. The summed E-state index contributed by atoms with van der Waals surface area (Å²) in [7, 11) is 0. The molecule has 20 heavy (non-hydrogen) atoms. The lowest BCUT2D eigenvalue weighted by atomic mass is 10.1. The van der Waals surface area contributed by atoms with E-state index < -0.39 is 0 Å². The van der Waals surface area contributed by atoms with Gasteiger partial charge in [0.2, 0.25) is 0 Å². The second-order valence-corrected chi connectivity index (χ2v) is 6.07. The van der Waals surface area contributed by atoms with Crippen LogP contribution in [0, 0.1) is 6.92 Å². The van der Waals surface area contributed by atoms with Crippen LogP contribution in [0.4, 0.5) is 5.69 Å². The Morgan fingerprint density at radius 2 is 2.00 bits per heavy atom. The molecule has 0 aliphatic carbocycles. The van der Waals surface area contributed by atoms with Crippen molar-refractivity contribution in [2.75, 3.05) is 31.9 Å². The number of carbonyl (C=O) groups excluding carboxylic acids is 1. The number of rotatable bonds is 1. The van der Waals surface area contributed by atoms with E-state index in [4.69, 9.17) is 5.73 Å². The highest BCUT2D eigenvalue weighted by molar-refractivity contribution is 5.95. The van der Waals surface area contributed by atoms with Gasteiger partial charge >= 0.3 is 0 Å². The van der Waals surface area contributed by atoms with Crippen LogP contribution in [-0.2, 0) is 0 Å². The molecule has 4 nitrogen and oxygen atoms in total. The van der Waals surface area contributed by atoms with Crippen molar-refractivity contribution in [2.45, 2.75) is 32.2 Å². The Kier molecular flexibility index (Phi) is 3.66. The van der Waals surface area contributed by atoms with E-state index in [0.29, 0.717) is 11.7 Å². The predicted octanol–water partition coefficient (Wildman–Crippen LogP) is 1.89. The zero-order valence-corrected chi connectivity index (χ0v) is 12.1. The molecular weight excluding hydrogens is 250 g/mol. The SMILES string of the molecule is Cc1cc(N)cc(C(=O)N2CCCN3CCCC3C2)c1. The molecule has 1 aromatic carbocycles. The lowest BCUT2D eigenvalue weighted by Gasteiger charge is -2.26. The Morgan fingerprint density at radius 1 is 1.20 bits per heavy atom. The number of nitrogens with two attached hydrogens (primary N) is 1. The molecule has 0 radical (unpaired) electrons. The minimum Gasteiger partial charge on any atom is -0.399 e. The highest BCUT2D eigenvalue weighted by Gasteiger charge is 2.30. The maximum Gasteiger partial charge on any atom is 0.253 e. The summed E-state index contributed by atoms with van der Waals surface area (Å²) in [6.07, 6.45) is 3.56. The first-order chi connectivity index (χ1) is 9.63. The molecule has 0 bridgehead atoms. The number of amides is 1. The van der Waals surface area contributed by atoms with Gasteiger partial charge in [0.15, 0.2) is 0 Å². The van der Waals surface area contributed by atoms with Gasteiger partial charge in [-0.15, -0.1) is 0 Å². The summed E-state index contributed by atoms with van der Waals surface area (Å²) in [6.45, 7) is 6.04. The highest BCUT2D eigenvalue weighted by Crippen LogP contribution is 2.23. The number of carbonyl (C=O) groups is 1. The third-order valence-electron chi connectivity index (χ3n) is 4.44. The molecule has 4 heteroatoms. The van der Waals surface area contributed by atoms with Crippen LogP contribution in [0.15, 0.2) is 18.2 Å². The van der Waals surface area contributed by atoms with Gasteiger partial charge in [-0.1, -0.05) is 0 Å². The molecule has 2 aliphatic heterocycles. The van der Waals surface area contributed by atoms with Crippen LogP contribution in [0.3, 0.4) is 0 Å². The Hall–Kier alpha value is -1.55. The number of fused-ring (bicyclic) bond motifs is 1. The van der Waals surface area contributed by atoms with Gasteiger partial charge in [-0.2, -0.15) is 0 Å². The molecule has 2 heterocycles. The molecule has 1 unspecified atom stereocenters. The molecule has 2 fully saturated rings. The van der Waals surface area contributed by atoms with Crippen molar-refractivity contribution in [3.05, 3.63) is 29.3 Å². The van der Waals surface area contributed by atoms with E-state index in [-0.39, 0.29) is 5.91 Å². The van der Waals surface area contributed by atoms with Crippen LogP contribution in [0.25, 0.3) is 0 Å². The predicted molar refractivity (Wildman–Crippen MR) is 80.7 cm³/mol. The Labute approximate surface area is 120 Å². The van der Waals surface area contributed by atoms with Crippen LogP contribution in [0.1, 0.15) is 35.2 Å². The van der Waals surface area contributed by atoms with Crippen LogP contribution in [0.2, 0.25) is 0 Å². The third kappa shape index (κ3) is 2.66. The average molecular weight is 273 g/mol. The smallest absolute Gasteiger partial charge is 0.253 e. The lowest BCUT2D eigenvalue weighted by molar-refractivity contribution is 0.0743. The molecule has 0 aromatic heterocycles. The standard InChI is InChI=1S/C16H23N3O/c1-12-8-13(10-14(17)9-12)16(20)19-7-3-6-18-5-2-4-15(18)11-19/h8-10,15H,2-7,11,17H2,1H3. The summed E-state index contributed by atoms with van der Waals surface area (Å²) in [5, 5.41) is 0. The Bertz CT molecular complexity index is 494. The monoisotopic (exact) mass is 273 g/mol. The van der Waals surface area contributed by atoms with E-state index in [1.807, 2.05) is 24.0 Å². The van der Waals surface area contributed by atoms with E-state index in [2.05, 4.69) is 4.90 Å². The highest BCUT2D eigenvalue weighted by atomic mass is 16.2. The molecule has 1 amide bonds. The van der Waals surface area contributed by atoms with Crippen LogP contribution in [-0.4, -0.2) is 47.9 Å². The summed E-state index contributed by atoms with van der Waals surface area (Å²) in [5.41, 5.74) is 8.31. The van der Waals surface area contributed by atoms with Gasteiger partial charge < -0.3 is 10.6 Å². The molecule has 1 atom stereocenters. The summed E-state index contributed by atoms with van der Waals surface area (Å²) in [6, 6.07) is 6.20. The second kappa shape index (κ2) is 5.44. The molecule has 2 saturated heterocycles. The fraction of sp³-hybridized carbons (Fsp3) is 0.562. The maximum atomic E-state index is 12.7. The van der Waals surface area contributed by atoms with E-state index in [1.165, 1.54) is 19.4 Å². The number of anilines is 1. The van der Waals surface area contributed by atoms with Crippen molar-refractivity contribution in [1.82, 2.24) is 9.80 Å². The quantitative estimate of drug-likeness (QED) is 0.795. The number of nitrogen functional groups attached to an aromatic ring is 1. The fourth-order valence-corrected chi connectivity index (χ4v) is 3.51. The van der Waals surface area contributed by atoms with Gasteiger partial charge in [0.05, 0.1) is 0 Å². The molecule has 2 aliphatic rings. The molecule has 3 rings (SSSR count). The van der Waals surface area contributed by atoms with Crippen LogP contribution in [0.5, 0.6) is 0 Å². The molecular formula is C16H23N3O. The van der Waals surface area contributed by atoms with Crippen molar-refractivity contribution in [3.8, 4) is 0 Å². The largest absolute Gasteiger partial charge is 0.399 e.